The molecule has 1 N–H and O–H groups in total. The predicted octanol–water partition coefficient (Wildman–Crippen LogP) is 6.20. The van der Waals surface area contributed by atoms with E-state index in [1.54, 1.807) is 22.9 Å². The zero-order valence-electron chi connectivity index (χ0n) is 18.3. The number of hydrogen-bond donors (Lipinski definition) is 1. The van der Waals surface area contributed by atoms with Gasteiger partial charge in [0.05, 0.1) is 17.4 Å². The Labute approximate surface area is 197 Å². The molecule has 0 atom stereocenters. The lowest BCUT2D eigenvalue weighted by Crippen LogP contribution is -2.31. The molecule has 0 radical (unpaired) electrons. The maximum absolute atomic E-state index is 13.7. The number of aromatic nitrogens is 2. The maximum atomic E-state index is 13.7. The van der Waals surface area contributed by atoms with Gasteiger partial charge in [0.15, 0.2) is 0 Å². The first-order valence-electron chi connectivity index (χ1n) is 11.0. The lowest BCUT2D eigenvalue weighted by atomic mass is 9.98. The maximum Gasteiger partial charge on any atom is 0.270 e. The molecule has 0 aliphatic heterocycles. The Morgan fingerprint density at radius 2 is 1.26 bits per heavy atom. The van der Waals surface area contributed by atoms with Crippen LogP contribution in [0.15, 0.2) is 121 Å². The molecular weight excluding hydrogens is 425 g/mol. The van der Waals surface area contributed by atoms with Gasteiger partial charge in [-0.3, -0.25) is 4.79 Å². The first-order chi connectivity index (χ1) is 16.7. The molecule has 1 amide bonds. The fourth-order valence-corrected chi connectivity index (χ4v) is 3.93. The van der Waals surface area contributed by atoms with E-state index in [0.29, 0.717) is 17.1 Å². The number of hydrogen-bond acceptors (Lipinski definition) is 2. The zero-order chi connectivity index (χ0) is 23.3. The largest absolute Gasteiger partial charge is 0.340 e. The van der Waals surface area contributed by atoms with Gasteiger partial charge in [-0.1, -0.05) is 91.0 Å². The van der Waals surface area contributed by atoms with E-state index in [0.717, 1.165) is 16.7 Å². The highest BCUT2D eigenvalue weighted by Gasteiger charge is 2.22. The Kier molecular flexibility index (Phi) is 5.99. The smallest absolute Gasteiger partial charge is 0.270 e. The first kappa shape index (κ1) is 21.3. The highest BCUT2D eigenvalue weighted by molar-refractivity contribution is 5.95. The average Bonchev–Trinajstić information content (AvgIpc) is 3.35. The highest BCUT2D eigenvalue weighted by atomic mass is 19.1. The molecule has 1 aromatic heterocycles. The number of rotatable bonds is 6. The van der Waals surface area contributed by atoms with Gasteiger partial charge in [0, 0.05) is 5.56 Å². The summed E-state index contributed by atoms with van der Waals surface area (Å²) in [6, 6.07) is 36.7. The zero-order valence-corrected chi connectivity index (χ0v) is 18.3. The molecule has 5 aromatic rings. The van der Waals surface area contributed by atoms with E-state index in [4.69, 9.17) is 0 Å². The van der Waals surface area contributed by atoms with E-state index in [9.17, 15) is 9.18 Å². The highest BCUT2D eigenvalue weighted by Crippen LogP contribution is 2.25. The molecule has 0 spiro atoms. The van der Waals surface area contributed by atoms with Gasteiger partial charge in [-0.15, -0.1) is 0 Å². The average molecular weight is 448 g/mol. The molecule has 4 aromatic carbocycles. The molecule has 4 nitrogen and oxygen atoms in total. The van der Waals surface area contributed by atoms with E-state index < -0.39 is 0 Å². The second-order valence-corrected chi connectivity index (χ2v) is 7.90. The summed E-state index contributed by atoms with van der Waals surface area (Å²) >= 11 is 0. The topological polar surface area (TPSA) is 46.9 Å². The Morgan fingerprint density at radius 3 is 1.82 bits per heavy atom. The minimum atomic E-state index is -0.349. The lowest BCUT2D eigenvalue weighted by molar-refractivity contribution is 0.0935. The predicted molar refractivity (Wildman–Crippen MR) is 131 cm³/mol. The van der Waals surface area contributed by atoms with Gasteiger partial charge in [-0.2, -0.15) is 5.10 Å². The van der Waals surface area contributed by atoms with Gasteiger partial charge < -0.3 is 5.32 Å². The molecule has 0 unspecified atom stereocenters. The summed E-state index contributed by atoms with van der Waals surface area (Å²) in [5.74, 6) is -0.630. The second-order valence-electron chi connectivity index (χ2n) is 7.90. The van der Waals surface area contributed by atoms with Crippen molar-refractivity contribution in [3.8, 4) is 16.9 Å². The van der Waals surface area contributed by atoms with Crippen molar-refractivity contribution in [2.24, 2.45) is 0 Å². The Morgan fingerprint density at radius 1 is 0.735 bits per heavy atom. The summed E-state index contributed by atoms with van der Waals surface area (Å²) in [5, 5.41) is 7.87. The fourth-order valence-electron chi connectivity index (χ4n) is 3.93. The van der Waals surface area contributed by atoms with E-state index >= 15 is 0 Å². The molecule has 1 heterocycles. The van der Waals surface area contributed by atoms with Crippen molar-refractivity contribution in [3.63, 3.8) is 0 Å². The van der Waals surface area contributed by atoms with Crippen LogP contribution in [0.25, 0.3) is 16.9 Å². The van der Waals surface area contributed by atoms with E-state index in [1.165, 1.54) is 12.1 Å². The van der Waals surface area contributed by atoms with Gasteiger partial charge in [-0.05, 0) is 41.5 Å². The van der Waals surface area contributed by atoms with Crippen LogP contribution in [0.3, 0.4) is 0 Å². The SMILES string of the molecule is O=C(NC(c1ccccc1)c1ccccc1)c1cc(-c2ccccc2)nn1-c1ccc(F)cc1. The van der Waals surface area contributed by atoms with E-state index in [1.807, 2.05) is 91.0 Å². The molecule has 5 rings (SSSR count). The minimum absolute atomic E-state index is 0.281. The van der Waals surface area contributed by atoms with Crippen molar-refractivity contribution in [1.82, 2.24) is 15.1 Å². The third-order valence-electron chi connectivity index (χ3n) is 5.62. The van der Waals surface area contributed by atoms with Crippen LogP contribution < -0.4 is 5.32 Å². The van der Waals surface area contributed by atoms with Gasteiger partial charge in [0.25, 0.3) is 5.91 Å². The summed E-state index contributed by atoms with van der Waals surface area (Å²) in [6.45, 7) is 0. The molecule has 0 aliphatic rings. The van der Waals surface area contributed by atoms with Gasteiger partial charge in [-0.25, -0.2) is 9.07 Å². The number of nitrogens with one attached hydrogen (secondary N) is 1. The molecule has 0 saturated heterocycles. The molecule has 5 heteroatoms. The van der Waals surface area contributed by atoms with Crippen molar-refractivity contribution in [2.45, 2.75) is 6.04 Å². The second kappa shape index (κ2) is 9.55. The molecule has 34 heavy (non-hydrogen) atoms. The lowest BCUT2D eigenvalue weighted by Gasteiger charge is -2.20. The van der Waals surface area contributed by atoms with Gasteiger partial charge >= 0.3 is 0 Å². The van der Waals surface area contributed by atoms with Gasteiger partial charge in [0.2, 0.25) is 0 Å². The van der Waals surface area contributed by atoms with Crippen molar-refractivity contribution < 1.29 is 9.18 Å². The van der Waals surface area contributed by atoms with Crippen LogP contribution in [0.4, 0.5) is 4.39 Å². The van der Waals surface area contributed by atoms with Gasteiger partial charge in [0.1, 0.15) is 11.5 Å². The van der Waals surface area contributed by atoms with E-state index in [-0.39, 0.29) is 17.8 Å². The number of benzene rings is 4. The summed E-state index contributed by atoms with van der Waals surface area (Å²) in [7, 11) is 0. The fraction of sp³-hybridized carbons (Fsp3) is 0.0345. The molecule has 0 aliphatic carbocycles. The van der Waals surface area contributed by atoms with Crippen molar-refractivity contribution in [3.05, 3.63) is 144 Å². The van der Waals surface area contributed by atoms with Crippen LogP contribution >= 0.6 is 0 Å². The normalized spacial score (nSPS) is 10.9. The molecule has 0 bridgehead atoms. The Bertz CT molecular complexity index is 1340. The number of halogens is 1. The Hall–Kier alpha value is -4.51. The monoisotopic (exact) mass is 447 g/mol. The summed E-state index contributed by atoms with van der Waals surface area (Å²) < 4.78 is 15.1. The third-order valence-corrected chi connectivity index (χ3v) is 5.62. The van der Waals surface area contributed by atoms with Crippen molar-refractivity contribution in [2.75, 3.05) is 0 Å². The summed E-state index contributed by atoms with van der Waals surface area (Å²) in [5.41, 5.74) is 4.45. The first-order valence-corrected chi connectivity index (χ1v) is 11.0. The third kappa shape index (κ3) is 4.50. The molecule has 166 valence electrons. The minimum Gasteiger partial charge on any atom is -0.340 e. The number of nitrogens with zero attached hydrogens (tertiary/aromatic N) is 2. The van der Waals surface area contributed by atoms with Crippen LogP contribution in [0, 0.1) is 5.82 Å². The molecular formula is C29H22FN3O. The van der Waals surface area contributed by atoms with Crippen molar-refractivity contribution in [1.29, 1.82) is 0 Å². The summed E-state index contributed by atoms with van der Waals surface area (Å²) in [6.07, 6.45) is 0. The van der Waals surface area contributed by atoms with Crippen LogP contribution in [-0.2, 0) is 0 Å². The Balaban J connectivity index is 1.57. The summed E-state index contributed by atoms with van der Waals surface area (Å²) in [4.78, 5) is 13.7. The van der Waals surface area contributed by atoms with Crippen LogP contribution in [0.1, 0.15) is 27.7 Å². The molecule has 0 saturated carbocycles. The van der Waals surface area contributed by atoms with Crippen LogP contribution in [0.2, 0.25) is 0 Å². The number of amides is 1. The quantitative estimate of drug-likeness (QED) is 0.337. The number of carbonyl (C=O) groups is 1. The molecule has 0 fully saturated rings. The number of carbonyl (C=O) groups excluding carboxylic acids is 1. The van der Waals surface area contributed by atoms with Crippen LogP contribution in [0.5, 0.6) is 0 Å². The standard InChI is InChI=1S/C29H22FN3O/c30-24-16-18-25(19-17-24)33-27(20-26(32-33)21-10-4-1-5-11-21)29(34)31-28(22-12-6-2-7-13-22)23-14-8-3-9-15-23/h1-20,28H,(H,31,34). The van der Waals surface area contributed by atoms with E-state index in [2.05, 4.69) is 10.4 Å². The van der Waals surface area contributed by atoms with Crippen LogP contribution in [-0.4, -0.2) is 15.7 Å². The van der Waals surface area contributed by atoms with Crippen molar-refractivity contribution >= 4 is 5.91 Å².